The molecule has 4 rings (SSSR count). The Kier molecular flexibility index (Phi) is 8.60. The van der Waals surface area contributed by atoms with Crippen LogP contribution in [0.15, 0.2) is 72.8 Å². The Balaban J connectivity index is 0.000000388. The van der Waals surface area contributed by atoms with Gasteiger partial charge >= 0.3 is 35.5 Å². The number of primary amides is 1. The van der Waals surface area contributed by atoms with Gasteiger partial charge in [0.05, 0.1) is 18.0 Å². The first-order valence-corrected chi connectivity index (χ1v) is 9.60. The molecule has 160 valence electrons. The third-order valence-corrected chi connectivity index (χ3v) is 5.07. The molecule has 0 radical (unpaired) electrons. The fraction of sp³-hybridized carbons (Fsp3) is 0.125. The normalized spacial score (nSPS) is 12.7. The van der Waals surface area contributed by atoms with Crippen LogP contribution in [0.25, 0.3) is 0 Å². The number of hydrogen-bond donors (Lipinski definition) is 3. The van der Waals surface area contributed by atoms with Crippen molar-refractivity contribution in [3.8, 4) is 5.75 Å². The maximum absolute atomic E-state index is 12.4. The molecule has 1 heterocycles. The Labute approximate surface area is 209 Å². The molecule has 3 aromatic carbocycles. The van der Waals surface area contributed by atoms with Gasteiger partial charge < -0.3 is 22.3 Å². The van der Waals surface area contributed by atoms with E-state index in [9.17, 15) is 14.4 Å². The van der Waals surface area contributed by atoms with Gasteiger partial charge in [0.2, 0.25) is 0 Å². The molecule has 32 heavy (non-hydrogen) atoms. The third-order valence-electron chi connectivity index (χ3n) is 5.07. The summed E-state index contributed by atoms with van der Waals surface area (Å²) in [5.41, 5.74) is 8.35. The summed E-state index contributed by atoms with van der Waals surface area (Å²) >= 11 is 0. The van der Waals surface area contributed by atoms with Crippen LogP contribution in [-0.4, -0.2) is 28.0 Å². The molecule has 0 spiro atoms. The van der Waals surface area contributed by atoms with E-state index >= 15 is 0 Å². The summed E-state index contributed by atoms with van der Waals surface area (Å²) in [7, 11) is 0. The van der Waals surface area contributed by atoms with Crippen LogP contribution in [0.3, 0.4) is 0 Å². The summed E-state index contributed by atoms with van der Waals surface area (Å²) in [6.07, 6.45) is 0. The van der Waals surface area contributed by atoms with Crippen LogP contribution in [0.1, 0.15) is 46.1 Å². The average molecular weight is 442 g/mol. The largest absolute Gasteiger partial charge is 1.00 e. The zero-order valence-corrected chi connectivity index (χ0v) is 19.9. The van der Waals surface area contributed by atoms with Crippen LogP contribution in [0.2, 0.25) is 0 Å². The first-order valence-electron chi connectivity index (χ1n) is 9.60. The maximum atomic E-state index is 12.4. The first-order chi connectivity index (χ1) is 14.8. The van der Waals surface area contributed by atoms with Crippen molar-refractivity contribution in [1.82, 2.24) is 0 Å². The van der Waals surface area contributed by atoms with Crippen LogP contribution in [0, 0.1) is 0 Å². The van der Waals surface area contributed by atoms with Gasteiger partial charge in [0.25, 0.3) is 11.8 Å². The van der Waals surface area contributed by atoms with E-state index in [0.29, 0.717) is 6.54 Å². The number of hydrogen-bond acceptors (Lipinski definition) is 4. The number of fused-ring (bicyclic) bond motifs is 1. The molecule has 0 saturated carbocycles. The van der Waals surface area contributed by atoms with Crippen molar-refractivity contribution in [2.75, 3.05) is 4.90 Å². The quantitative estimate of drug-likeness (QED) is 0.512. The van der Waals surface area contributed by atoms with Gasteiger partial charge in [0.1, 0.15) is 5.75 Å². The molecule has 1 atom stereocenters. The summed E-state index contributed by atoms with van der Waals surface area (Å²) in [5.74, 6) is -2.10. The summed E-state index contributed by atoms with van der Waals surface area (Å²) in [4.78, 5) is 35.5. The number of rotatable bonds is 4. The number of carboxylic acid groups (broad SMARTS) is 1. The van der Waals surface area contributed by atoms with Gasteiger partial charge in [-0.2, -0.15) is 0 Å². The zero-order valence-electron chi connectivity index (χ0n) is 18.9. The number of nitrogens with two attached hydrogens (primary N) is 1. The van der Waals surface area contributed by atoms with E-state index < -0.39 is 17.8 Å². The van der Waals surface area contributed by atoms with Crippen LogP contribution < -0.4 is 40.2 Å². The Morgan fingerprint density at radius 1 is 1.00 bits per heavy atom. The van der Waals surface area contributed by atoms with Crippen molar-refractivity contribution in [3.05, 3.63) is 95.1 Å². The topological polar surface area (TPSA) is 121 Å². The number of carbonyl (C=O) groups excluding carboxylic acids is 2. The van der Waals surface area contributed by atoms with E-state index in [2.05, 4.69) is 0 Å². The van der Waals surface area contributed by atoms with Gasteiger partial charge in [-0.25, -0.2) is 0 Å². The van der Waals surface area contributed by atoms with Gasteiger partial charge in [-0.3, -0.25) is 14.4 Å². The number of aromatic hydroxyl groups is 1. The number of aliphatic carboxylic acids is 1. The molecule has 0 saturated heterocycles. The van der Waals surface area contributed by atoms with Crippen molar-refractivity contribution >= 4 is 23.5 Å². The molecule has 0 bridgehead atoms. The number of para-hydroxylation sites is 1. The predicted octanol–water partition coefficient (Wildman–Crippen LogP) is 0.643. The van der Waals surface area contributed by atoms with E-state index in [1.54, 1.807) is 48.2 Å². The smallest absolute Gasteiger partial charge is 1.00 e. The van der Waals surface area contributed by atoms with Gasteiger partial charge in [0, 0.05) is 11.3 Å². The molecular weight excluding hydrogens is 419 g/mol. The molecule has 8 heteroatoms. The Hall–Kier alpha value is -3.13. The van der Waals surface area contributed by atoms with E-state index in [1.165, 1.54) is 12.1 Å². The second-order valence-electron chi connectivity index (χ2n) is 7.08. The van der Waals surface area contributed by atoms with Gasteiger partial charge in [-0.15, -0.1) is 0 Å². The molecule has 1 aliphatic heterocycles. The molecule has 0 fully saturated rings. The van der Waals surface area contributed by atoms with Crippen molar-refractivity contribution in [2.45, 2.75) is 19.4 Å². The van der Waals surface area contributed by atoms with Crippen molar-refractivity contribution in [1.29, 1.82) is 0 Å². The van der Waals surface area contributed by atoms with Gasteiger partial charge in [0.15, 0.2) is 0 Å². The first kappa shape index (κ1) is 25.1. The van der Waals surface area contributed by atoms with Crippen LogP contribution in [0.4, 0.5) is 5.69 Å². The number of carboxylic acids is 1. The molecule has 1 aliphatic rings. The summed E-state index contributed by atoms with van der Waals surface area (Å²) in [5, 5.41) is 18.0. The van der Waals surface area contributed by atoms with Crippen LogP contribution in [0.5, 0.6) is 5.75 Å². The number of anilines is 1. The molecule has 1 unspecified atom stereocenters. The monoisotopic (exact) mass is 442 g/mol. The zero-order chi connectivity index (χ0) is 22.5. The number of nitrogens with zero attached hydrogens (tertiary/aromatic N) is 1. The molecule has 4 N–H and O–H groups in total. The van der Waals surface area contributed by atoms with Crippen LogP contribution in [-0.2, 0) is 11.3 Å². The molecule has 3 aromatic rings. The number of amides is 2. The van der Waals surface area contributed by atoms with Crippen molar-refractivity contribution in [2.24, 2.45) is 5.73 Å². The minimum atomic E-state index is -0.854. The molecule has 2 amide bonds. The maximum Gasteiger partial charge on any atom is 1.00 e. The second-order valence-corrected chi connectivity index (χ2v) is 7.08. The minimum Gasteiger partial charge on any atom is -1.00 e. The number of carbonyl (C=O) groups is 3. The summed E-state index contributed by atoms with van der Waals surface area (Å²) < 4.78 is 0. The Bertz CT molecular complexity index is 1140. The predicted molar refractivity (Wildman–Crippen MR) is 117 cm³/mol. The summed E-state index contributed by atoms with van der Waals surface area (Å²) in [6, 6.07) is 20.9. The van der Waals surface area contributed by atoms with Crippen molar-refractivity contribution in [3.63, 3.8) is 0 Å². The van der Waals surface area contributed by atoms with Crippen molar-refractivity contribution < 1.29 is 55.6 Å². The van der Waals surface area contributed by atoms with Gasteiger partial charge in [-0.05, 0) is 48.4 Å². The van der Waals surface area contributed by atoms with Crippen LogP contribution >= 0.6 is 0 Å². The minimum absolute atomic E-state index is 0. The Morgan fingerprint density at radius 3 is 2.12 bits per heavy atom. The molecular formula is C24H23N2NaO5. The standard InChI is InChI=1S/C17H15NO3.C7H7NO2.Na.H/c1-11(17(20)21)12-6-8-14(9-7-12)18-10-13-4-2-3-5-15(13)16(18)19;8-7(10)5-3-1-2-4-6(5)9;;/h2-9,11H,10H2,1H3,(H,20,21);1-4,9H,(H2,8,10);;/q;;+1;-1. The SMILES string of the molecule is CC(C(=O)O)c1ccc(N2Cc3ccccc3C2=O)cc1.NC(=O)c1ccccc1O.[H-].[Na+]. The Morgan fingerprint density at radius 2 is 1.59 bits per heavy atom. The molecule has 7 nitrogen and oxygen atoms in total. The second kappa shape index (κ2) is 10.9. The third kappa shape index (κ3) is 5.56. The summed E-state index contributed by atoms with van der Waals surface area (Å²) in [6.45, 7) is 2.21. The average Bonchev–Trinajstić information content (AvgIpc) is 3.10. The number of phenols is 1. The number of benzene rings is 3. The van der Waals surface area contributed by atoms with E-state index in [-0.39, 0.29) is 48.2 Å². The van der Waals surface area contributed by atoms with E-state index in [1.807, 2.05) is 24.3 Å². The molecule has 0 aliphatic carbocycles. The fourth-order valence-corrected chi connectivity index (χ4v) is 3.23. The molecule has 0 aromatic heterocycles. The fourth-order valence-electron chi connectivity index (χ4n) is 3.23. The van der Waals surface area contributed by atoms with E-state index in [4.69, 9.17) is 15.9 Å². The van der Waals surface area contributed by atoms with Gasteiger partial charge in [-0.1, -0.05) is 42.5 Å². The van der Waals surface area contributed by atoms with E-state index in [0.717, 1.165) is 22.4 Å².